The molecule has 162 valence electrons. The molecule has 0 atom stereocenters. The molecule has 6 heteroatoms. The van der Waals surface area contributed by atoms with Gasteiger partial charge in [0.15, 0.2) is 0 Å². The largest absolute Gasteiger partial charge is 0.353 e. The third kappa shape index (κ3) is 5.40. The molecule has 0 aromatic heterocycles. The van der Waals surface area contributed by atoms with Crippen molar-refractivity contribution in [2.45, 2.75) is 89.5 Å². The third-order valence-electron chi connectivity index (χ3n) is 6.48. The first-order chi connectivity index (χ1) is 13.8. The molecule has 1 aromatic rings. The second kappa shape index (κ2) is 9.61. The molecule has 1 aromatic carbocycles. The van der Waals surface area contributed by atoms with Gasteiger partial charge >= 0.3 is 0 Å². The maximum atomic E-state index is 13.2. The zero-order valence-electron chi connectivity index (χ0n) is 18.2. The number of carbonyl (C=O) groups is 1. The van der Waals surface area contributed by atoms with Crippen LogP contribution < -0.4 is 5.32 Å². The first-order valence-electron chi connectivity index (χ1n) is 11.2. The van der Waals surface area contributed by atoms with Gasteiger partial charge in [-0.05, 0) is 57.6 Å². The van der Waals surface area contributed by atoms with E-state index in [0.29, 0.717) is 36.9 Å². The Balaban J connectivity index is 1.60. The number of carbonyl (C=O) groups excluding carboxylic acids is 1. The highest BCUT2D eigenvalue weighted by atomic mass is 32.2. The molecule has 0 bridgehead atoms. The van der Waals surface area contributed by atoms with Crippen molar-refractivity contribution in [1.82, 2.24) is 9.62 Å². The van der Waals surface area contributed by atoms with Crippen LogP contribution in [0.5, 0.6) is 0 Å². The van der Waals surface area contributed by atoms with Gasteiger partial charge in [0.1, 0.15) is 0 Å². The number of hydrogen-bond donors (Lipinski definition) is 1. The van der Waals surface area contributed by atoms with E-state index < -0.39 is 10.0 Å². The van der Waals surface area contributed by atoms with Gasteiger partial charge < -0.3 is 5.32 Å². The molecule has 1 heterocycles. The minimum absolute atomic E-state index is 0.0768. The SMILES string of the molecule is Cc1cc(C)c(S(=O)(=O)N2CCC(C(=O)NC3CCCCCCC3)CC2)c(C)c1. The summed E-state index contributed by atoms with van der Waals surface area (Å²) in [5, 5.41) is 3.26. The summed E-state index contributed by atoms with van der Waals surface area (Å²) in [6, 6.07) is 4.15. The first kappa shape index (κ1) is 22.3. The van der Waals surface area contributed by atoms with E-state index in [2.05, 4.69) is 5.32 Å². The Kier molecular flexibility index (Phi) is 7.38. The summed E-state index contributed by atoms with van der Waals surface area (Å²) in [4.78, 5) is 13.2. The zero-order valence-corrected chi connectivity index (χ0v) is 19.0. The highest BCUT2D eigenvalue weighted by molar-refractivity contribution is 7.89. The lowest BCUT2D eigenvalue weighted by Gasteiger charge is -2.32. The van der Waals surface area contributed by atoms with Crippen LogP contribution in [0.1, 0.15) is 74.5 Å². The van der Waals surface area contributed by atoms with Gasteiger partial charge in [-0.1, -0.05) is 49.8 Å². The lowest BCUT2D eigenvalue weighted by atomic mass is 9.94. The Labute approximate surface area is 176 Å². The maximum absolute atomic E-state index is 13.2. The van der Waals surface area contributed by atoms with Crippen molar-refractivity contribution in [1.29, 1.82) is 0 Å². The predicted molar refractivity (Wildman–Crippen MR) is 116 cm³/mol. The Morgan fingerprint density at radius 3 is 1.97 bits per heavy atom. The number of nitrogens with zero attached hydrogens (tertiary/aromatic N) is 1. The van der Waals surface area contributed by atoms with Crippen molar-refractivity contribution >= 4 is 15.9 Å². The Morgan fingerprint density at radius 2 is 1.41 bits per heavy atom. The number of amides is 1. The van der Waals surface area contributed by atoms with Crippen molar-refractivity contribution < 1.29 is 13.2 Å². The molecule has 2 fully saturated rings. The molecule has 0 spiro atoms. The van der Waals surface area contributed by atoms with Gasteiger partial charge in [0, 0.05) is 25.0 Å². The van der Waals surface area contributed by atoms with Crippen LogP contribution in [0.2, 0.25) is 0 Å². The van der Waals surface area contributed by atoms with Gasteiger partial charge in [-0.2, -0.15) is 4.31 Å². The fraction of sp³-hybridized carbons (Fsp3) is 0.696. The fourth-order valence-corrected chi connectivity index (χ4v) is 6.86. The molecule has 0 radical (unpaired) electrons. The molecule has 29 heavy (non-hydrogen) atoms. The smallest absolute Gasteiger partial charge is 0.243 e. The maximum Gasteiger partial charge on any atom is 0.243 e. The van der Waals surface area contributed by atoms with Gasteiger partial charge in [-0.3, -0.25) is 4.79 Å². The van der Waals surface area contributed by atoms with Crippen LogP contribution in [0.3, 0.4) is 0 Å². The summed E-state index contributed by atoms with van der Waals surface area (Å²) in [6.07, 6.45) is 9.57. The molecular formula is C23H36N2O3S. The van der Waals surface area contributed by atoms with Gasteiger partial charge in [0.05, 0.1) is 4.90 Å². The average molecular weight is 421 g/mol. The zero-order chi connectivity index (χ0) is 21.0. The van der Waals surface area contributed by atoms with Crippen LogP contribution >= 0.6 is 0 Å². The second-order valence-electron chi connectivity index (χ2n) is 8.96. The molecular weight excluding hydrogens is 384 g/mol. The van der Waals surface area contributed by atoms with Crippen LogP contribution in [-0.2, 0) is 14.8 Å². The van der Waals surface area contributed by atoms with Crippen molar-refractivity contribution in [3.8, 4) is 0 Å². The van der Waals surface area contributed by atoms with Gasteiger partial charge in [0.25, 0.3) is 0 Å². The van der Waals surface area contributed by atoms with E-state index in [1.807, 2.05) is 32.9 Å². The van der Waals surface area contributed by atoms with E-state index in [9.17, 15) is 13.2 Å². The van der Waals surface area contributed by atoms with Gasteiger partial charge in [-0.25, -0.2) is 8.42 Å². The molecule has 2 aliphatic rings. The quantitative estimate of drug-likeness (QED) is 0.792. The number of hydrogen-bond acceptors (Lipinski definition) is 3. The number of nitrogens with one attached hydrogen (secondary N) is 1. The second-order valence-corrected chi connectivity index (χ2v) is 10.8. The Hall–Kier alpha value is -1.40. The highest BCUT2D eigenvalue weighted by Gasteiger charge is 2.34. The Bertz CT molecular complexity index is 796. The van der Waals surface area contributed by atoms with E-state index in [1.54, 1.807) is 4.31 Å². The molecule has 0 unspecified atom stereocenters. The van der Waals surface area contributed by atoms with E-state index >= 15 is 0 Å². The minimum Gasteiger partial charge on any atom is -0.353 e. The molecule has 1 saturated carbocycles. The molecule has 1 aliphatic carbocycles. The normalized spacial score (nSPS) is 20.8. The molecule has 1 amide bonds. The molecule has 1 N–H and O–H groups in total. The highest BCUT2D eigenvalue weighted by Crippen LogP contribution is 2.29. The van der Waals surface area contributed by atoms with Crippen molar-refractivity contribution in [2.75, 3.05) is 13.1 Å². The predicted octanol–water partition coefficient (Wildman–Crippen LogP) is 4.24. The van der Waals surface area contributed by atoms with Crippen LogP contribution in [0.25, 0.3) is 0 Å². The number of rotatable bonds is 4. The molecule has 3 rings (SSSR count). The number of aryl methyl sites for hydroxylation is 3. The first-order valence-corrected chi connectivity index (χ1v) is 12.6. The summed E-state index contributed by atoms with van der Waals surface area (Å²) in [7, 11) is -3.52. The Morgan fingerprint density at radius 1 is 0.897 bits per heavy atom. The van der Waals surface area contributed by atoms with E-state index in [1.165, 1.54) is 32.1 Å². The molecule has 1 aliphatic heterocycles. The summed E-state index contributed by atoms with van der Waals surface area (Å²) in [5.74, 6) is 0.0439. The van der Waals surface area contributed by atoms with Gasteiger partial charge in [-0.15, -0.1) is 0 Å². The average Bonchev–Trinajstić information content (AvgIpc) is 2.62. The van der Waals surface area contributed by atoms with Crippen LogP contribution in [0.4, 0.5) is 0 Å². The standard InChI is InChI=1S/C23H36N2O3S/c1-17-15-18(2)22(19(3)16-17)29(27,28)25-13-11-20(12-14-25)23(26)24-21-9-7-5-4-6-8-10-21/h15-16,20-21H,4-14H2,1-3H3,(H,24,26). The van der Waals surface area contributed by atoms with Crippen molar-refractivity contribution in [3.05, 3.63) is 28.8 Å². The van der Waals surface area contributed by atoms with E-state index in [4.69, 9.17) is 0 Å². The number of sulfonamides is 1. The van der Waals surface area contributed by atoms with Crippen molar-refractivity contribution in [2.24, 2.45) is 5.92 Å². The lowest BCUT2D eigenvalue weighted by Crippen LogP contribution is -2.45. The number of piperidine rings is 1. The van der Waals surface area contributed by atoms with E-state index in [0.717, 1.165) is 29.5 Å². The summed E-state index contributed by atoms with van der Waals surface area (Å²) in [6.45, 7) is 6.54. The van der Waals surface area contributed by atoms with Gasteiger partial charge in [0.2, 0.25) is 15.9 Å². The third-order valence-corrected chi connectivity index (χ3v) is 8.68. The molecule has 5 nitrogen and oxygen atoms in total. The lowest BCUT2D eigenvalue weighted by molar-refractivity contribution is -0.127. The van der Waals surface area contributed by atoms with Crippen LogP contribution in [-0.4, -0.2) is 37.8 Å². The summed E-state index contributed by atoms with van der Waals surface area (Å²) >= 11 is 0. The fourth-order valence-electron chi connectivity index (χ4n) is 4.98. The van der Waals surface area contributed by atoms with Crippen LogP contribution in [0.15, 0.2) is 17.0 Å². The topological polar surface area (TPSA) is 66.5 Å². The summed E-state index contributed by atoms with van der Waals surface area (Å²) < 4.78 is 28.0. The monoisotopic (exact) mass is 420 g/mol. The molecule has 1 saturated heterocycles. The summed E-state index contributed by atoms with van der Waals surface area (Å²) in [5.41, 5.74) is 2.67. The van der Waals surface area contributed by atoms with Crippen molar-refractivity contribution in [3.63, 3.8) is 0 Å². The minimum atomic E-state index is -3.52. The van der Waals surface area contributed by atoms with Crippen LogP contribution in [0, 0.1) is 26.7 Å². The van der Waals surface area contributed by atoms with E-state index in [-0.39, 0.29) is 11.8 Å². The number of benzene rings is 1.